The van der Waals surface area contributed by atoms with Gasteiger partial charge in [-0.1, -0.05) is 0 Å². The number of carbonyl (C=O) groups excluding carboxylic acids is 1. The predicted molar refractivity (Wildman–Crippen MR) is 81.5 cm³/mol. The average molecular weight is 375 g/mol. The van der Waals surface area contributed by atoms with E-state index in [0.717, 1.165) is 3.57 Å². The first kappa shape index (κ1) is 14.6. The van der Waals surface area contributed by atoms with Crippen molar-refractivity contribution in [2.75, 3.05) is 13.2 Å². The first-order valence-corrected chi connectivity index (χ1v) is 7.49. The topological polar surface area (TPSA) is 49.8 Å². The van der Waals surface area contributed by atoms with Crippen LogP contribution in [0.1, 0.15) is 30.6 Å². The summed E-state index contributed by atoms with van der Waals surface area (Å²) in [6, 6.07) is 5.65. The Bertz CT molecular complexity index is 478. The van der Waals surface area contributed by atoms with Gasteiger partial charge in [0.25, 0.3) is 5.91 Å². The number of amides is 1. The maximum atomic E-state index is 12.6. The van der Waals surface area contributed by atoms with E-state index in [0.29, 0.717) is 24.3 Å². The summed E-state index contributed by atoms with van der Waals surface area (Å²) in [5.74, 6) is 0.635. The standard InChI is InChI=1S/C14H18INO3/c1-9(5-6-17)16-8-10(2)19-13-4-3-11(15)7-12(13)14(16)18/h3-4,7,9-10,17H,5-6,8H2,1-2H3. The molecule has 2 rings (SSSR count). The Morgan fingerprint density at radius 1 is 1.58 bits per heavy atom. The summed E-state index contributed by atoms with van der Waals surface area (Å²) in [5.41, 5.74) is 0.612. The number of nitrogens with zero attached hydrogens (tertiary/aromatic N) is 1. The number of ether oxygens (including phenoxy) is 1. The lowest BCUT2D eigenvalue weighted by Gasteiger charge is -2.28. The molecule has 104 valence electrons. The van der Waals surface area contributed by atoms with Crippen LogP contribution in [0.4, 0.5) is 0 Å². The van der Waals surface area contributed by atoms with Crippen LogP contribution in [0, 0.1) is 3.57 Å². The van der Waals surface area contributed by atoms with Gasteiger partial charge in [-0.2, -0.15) is 0 Å². The van der Waals surface area contributed by atoms with Crippen molar-refractivity contribution < 1.29 is 14.6 Å². The lowest BCUT2D eigenvalue weighted by molar-refractivity contribution is 0.0614. The van der Waals surface area contributed by atoms with Crippen LogP contribution >= 0.6 is 22.6 Å². The number of fused-ring (bicyclic) bond motifs is 1. The van der Waals surface area contributed by atoms with E-state index in [2.05, 4.69) is 22.6 Å². The molecule has 0 aliphatic carbocycles. The van der Waals surface area contributed by atoms with Crippen molar-refractivity contribution in [3.8, 4) is 5.75 Å². The second-order valence-electron chi connectivity index (χ2n) is 4.89. The van der Waals surface area contributed by atoms with Crippen LogP contribution in [0.3, 0.4) is 0 Å². The van der Waals surface area contributed by atoms with Crippen molar-refractivity contribution in [3.05, 3.63) is 27.3 Å². The monoisotopic (exact) mass is 375 g/mol. The average Bonchev–Trinajstić information content (AvgIpc) is 2.48. The normalized spacial score (nSPS) is 20.5. The minimum Gasteiger partial charge on any atom is -0.488 e. The van der Waals surface area contributed by atoms with E-state index < -0.39 is 0 Å². The highest BCUT2D eigenvalue weighted by atomic mass is 127. The fourth-order valence-corrected chi connectivity index (χ4v) is 2.75. The van der Waals surface area contributed by atoms with E-state index in [1.165, 1.54) is 0 Å². The molecule has 2 unspecified atom stereocenters. The Labute approximate surface area is 126 Å². The lowest BCUT2D eigenvalue weighted by atomic mass is 10.1. The summed E-state index contributed by atoms with van der Waals surface area (Å²) in [4.78, 5) is 14.4. The highest BCUT2D eigenvalue weighted by Gasteiger charge is 2.29. The lowest BCUT2D eigenvalue weighted by Crippen LogP contribution is -2.42. The van der Waals surface area contributed by atoms with Gasteiger partial charge in [-0.3, -0.25) is 4.79 Å². The molecule has 19 heavy (non-hydrogen) atoms. The third-order valence-electron chi connectivity index (χ3n) is 3.29. The van der Waals surface area contributed by atoms with Gasteiger partial charge in [0.1, 0.15) is 11.9 Å². The Morgan fingerprint density at radius 3 is 3.00 bits per heavy atom. The van der Waals surface area contributed by atoms with Crippen LogP contribution in [0.25, 0.3) is 0 Å². The van der Waals surface area contributed by atoms with Gasteiger partial charge in [0.15, 0.2) is 0 Å². The van der Waals surface area contributed by atoms with Gasteiger partial charge in [-0.15, -0.1) is 0 Å². The Kier molecular flexibility index (Phi) is 4.67. The molecule has 0 saturated heterocycles. The van der Waals surface area contributed by atoms with Crippen molar-refractivity contribution >= 4 is 28.5 Å². The third-order valence-corrected chi connectivity index (χ3v) is 3.96. The number of carbonyl (C=O) groups is 1. The highest BCUT2D eigenvalue weighted by Crippen LogP contribution is 2.28. The molecule has 0 bridgehead atoms. The summed E-state index contributed by atoms with van der Waals surface area (Å²) in [6.07, 6.45) is 0.531. The van der Waals surface area contributed by atoms with E-state index in [4.69, 9.17) is 9.84 Å². The van der Waals surface area contributed by atoms with Crippen LogP contribution in [-0.4, -0.2) is 41.2 Å². The second-order valence-corrected chi connectivity index (χ2v) is 6.13. The zero-order valence-electron chi connectivity index (χ0n) is 11.1. The predicted octanol–water partition coefficient (Wildman–Crippen LogP) is 2.29. The van der Waals surface area contributed by atoms with Gasteiger partial charge in [-0.05, 0) is 61.1 Å². The van der Waals surface area contributed by atoms with Gasteiger partial charge in [-0.25, -0.2) is 0 Å². The van der Waals surface area contributed by atoms with Gasteiger partial charge in [0, 0.05) is 16.2 Å². The molecule has 1 amide bonds. The van der Waals surface area contributed by atoms with E-state index in [1.54, 1.807) is 4.90 Å². The number of halogens is 1. The van der Waals surface area contributed by atoms with Crippen LogP contribution < -0.4 is 4.74 Å². The third kappa shape index (κ3) is 3.20. The fourth-order valence-electron chi connectivity index (χ4n) is 2.26. The number of rotatable bonds is 3. The molecule has 0 aromatic heterocycles. The maximum absolute atomic E-state index is 12.6. The molecule has 1 aliphatic heterocycles. The summed E-state index contributed by atoms with van der Waals surface area (Å²) in [7, 11) is 0. The summed E-state index contributed by atoms with van der Waals surface area (Å²) >= 11 is 2.19. The highest BCUT2D eigenvalue weighted by molar-refractivity contribution is 14.1. The number of aliphatic hydroxyl groups is 1. The van der Waals surface area contributed by atoms with Crippen LogP contribution in [0.5, 0.6) is 5.75 Å². The van der Waals surface area contributed by atoms with Crippen molar-refractivity contribution in [2.24, 2.45) is 0 Å². The second kappa shape index (κ2) is 6.09. The Morgan fingerprint density at radius 2 is 2.32 bits per heavy atom. The van der Waals surface area contributed by atoms with Gasteiger partial charge in [0.05, 0.1) is 12.1 Å². The van der Waals surface area contributed by atoms with E-state index in [9.17, 15) is 4.79 Å². The Balaban J connectivity index is 2.37. The van der Waals surface area contributed by atoms with Crippen molar-refractivity contribution in [3.63, 3.8) is 0 Å². The molecule has 0 fully saturated rings. The molecule has 5 heteroatoms. The minimum absolute atomic E-state index is 0.00682. The summed E-state index contributed by atoms with van der Waals surface area (Å²) in [6.45, 7) is 4.55. The molecule has 1 heterocycles. The molecular weight excluding hydrogens is 357 g/mol. The fraction of sp³-hybridized carbons (Fsp3) is 0.500. The summed E-state index contributed by atoms with van der Waals surface area (Å²) in [5, 5.41) is 9.06. The smallest absolute Gasteiger partial charge is 0.258 e. The summed E-state index contributed by atoms with van der Waals surface area (Å²) < 4.78 is 6.82. The molecule has 1 aromatic rings. The van der Waals surface area contributed by atoms with Crippen molar-refractivity contribution in [1.29, 1.82) is 0 Å². The SMILES string of the molecule is CC1CN(C(C)CCO)C(=O)c2cc(I)ccc2O1. The van der Waals surface area contributed by atoms with Crippen LogP contribution in [-0.2, 0) is 0 Å². The van der Waals surface area contributed by atoms with E-state index >= 15 is 0 Å². The molecule has 1 aromatic carbocycles. The molecule has 1 N–H and O–H groups in total. The minimum atomic E-state index is -0.0496. The van der Waals surface area contributed by atoms with Crippen molar-refractivity contribution in [2.45, 2.75) is 32.4 Å². The molecule has 0 saturated carbocycles. The largest absolute Gasteiger partial charge is 0.488 e. The van der Waals surface area contributed by atoms with Gasteiger partial charge in [0.2, 0.25) is 0 Å². The molecule has 0 spiro atoms. The zero-order chi connectivity index (χ0) is 14.0. The Hall–Kier alpha value is -0.820. The molecular formula is C14H18INO3. The quantitative estimate of drug-likeness (QED) is 0.825. The van der Waals surface area contributed by atoms with E-state index in [1.807, 2.05) is 32.0 Å². The maximum Gasteiger partial charge on any atom is 0.258 e. The van der Waals surface area contributed by atoms with Crippen LogP contribution in [0.2, 0.25) is 0 Å². The van der Waals surface area contributed by atoms with Crippen LogP contribution in [0.15, 0.2) is 18.2 Å². The first-order valence-electron chi connectivity index (χ1n) is 6.41. The number of hydrogen-bond donors (Lipinski definition) is 1. The van der Waals surface area contributed by atoms with Crippen molar-refractivity contribution in [1.82, 2.24) is 4.90 Å². The number of hydrogen-bond acceptors (Lipinski definition) is 3. The first-order chi connectivity index (χ1) is 9.02. The molecule has 2 atom stereocenters. The van der Waals surface area contributed by atoms with Gasteiger partial charge < -0.3 is 14.7 Å². The number of benzene rings is 1. The molecule has 1 aliphatic rings. The van der Waals surface area contributed by atoms with Gasteiger partial charge >= 0.3 is 0 Å². The zero-order valence-corrected chi connectivity index (χ0v) is 13.3. The molecule has 4 nitrogen and oxygen atoms in total. The number of aliphatic hydroxyl groups excluding tert-OH is 1. The molecule has 0 radical (unpaired) electrons. The van der Waals surface area contributed by atoms with E-state index in [-0.39, 0.29) is 24.7 Å².